The van der Waals surface area contributed by atoms with Crippen LogP contribution >= 0.6 is 0 Å². The molecule has 2 unspecified atom stereocenters. The topological polar surface area (TPSA) is 73.8 Å². The molecule has 3 aromatic carbocycles. The summed E-state index contributed by atoms with van der Waals surface area (Å²) in [6.45, 7) is 3.55. The molecule has 5 aromatic rings. The zero-order valence-corrected chi connectivity index (χ0v) is 30.4. The van der Waals surface area contributed by atoms with Crippen LogP contribution in [0.15, 0.2) is 91.1 Å². The van der Waals surface area contributed by atoms with Crippen molar-refractivity contribution in [3.63, 3.8) is 0 Å². The Labute approximate surface area is 316 Å². The van der Waals surface area contributed by atoms with Gasteiger partial charge in [0, 0.05) is 46.4 Å². The van der Waals surface area contributed by atoms with E-state index >= 15 is 0 Å². The molecule has 7 rings (SSSR count). The molecule has 2 aliphatic heterocycles. The van der Waals surface area contributed by atoms with Crippen LogP contribution in [-0.4, -0.2) is 70.4 Å². The number of pyridine rings is 2. The lowest BCUT2D eigenvalue weighted by atomic mass is 9.91. The predicted molar refractivity (Wildman–Crippen MR) is 199 cm³/mol. The SMILES string of the molecule is COc1ncccc1-c1ccc2nc(-c3cccc(C(F)(F)F)c3)c(CN3CCC(N4CCCCC4)CC3)c(C(O)NC(c3ccccc3)C(F)(F)F)c2c1. The van der Waals surface area contributed by atoms with E-state index in [-0.39, 0.29) is 34.4 Å². The summed E-state index contributed by atoms with van der Waals surface area (Å²) in [5.41, 5.74) is 1.22. The van der Waals surface area contributed by atoms with Gasteiger partial charge < -0.3 is 14.7 Å². The number of fused-ring (bicyclic) bond motifs is 1. The molecule has 13 heteroatoms. The molecule has 2 saturated heterocycles. The van der Waals surface area contributed by atoms with Crippen LogP contribution < -0.4 is 10.1 Å². The van der Waals surface area contributed by atoms with Crippen molar-refractivity contribution in [3.05, 3.63) is 113 Å². The Morgan fingerprint density at radius 2 is 1.58 bits per heavy atom. The third-order valence-corrected chi connectivity index (χ3v) is 10.8. The molecule has 2 N–H and O–H groups in total. The minimum absolute atomic E-state index is 0.102. The van der Waals surface area contributed by atoms with Gasteiger partial charge in [-0.2, -0.15) is 26.3 Å². The van der Waals surface area contributed by atoms with Crippen molar-refractivity contribution < 1.29 is 36.2 Å². The van der Waals surface area contributed by atoms with E-state index in [1.54, 1.807) is 42.6 Å². The molecule has 7 nitrogen and oxygen atoms in total. The predicted octanol–water partition coefficient (Wildman–Crippen LogP) is 9.33. The fourth-order valence-electron chi connectivity index (χ4n) is 8.04. The van der Waals surface area contributed by atoms with Gasteiger partial charge in [0.15, 0.2) is 0 Å². The zero-order chi connectivity index (χ0) is 38.7. The second kappa shape index (κ2) is 16.3. The number of alkyl halides is 6. The molecule has 4 heterocycles. The van der Waals surface area contributed by atoms with Crippen molar-refractivity contribution in [2.24, 2.45) is 0 Å². The molecule has 2 aliphatic rings. The van der Waals surface area contributed by atoms with Crippen LogP contribution in [0.3, 0.4) is 0 Å². The smallest absolute Gasteiger partial charge is 0.416 e. The second-order valence-electron chi connectivity index (χ2n) is 14.3. The van der Waals surface area contributed by atoms with Crippen LogP contribution in [0.5, 0.6) is 5.88 Å². The van der Waals surface area contributed by atoms with Gasteiger partial charge in [0.2, 0.25) is 5.88 Å². The number of rotatable bonds is 10. The minimum atomic E-state index is -4.81. The molecule has 290 valence electrons. The number of hydrogen-bond acceptors (Lipinski definition) is 7. The maximum atomic E-state index is 14.8. The summed E-state index contributed by atoms with van der Waals surface area (Å²) in [5, 5.41) is 15.0. The van der Waals surface area contributed by atoms with Crippen LogP contribution in [0.4, 0.5) is 26.3 Å². The molecule has 55 heavy (non-hydrogen) atoms. The third kappa shape index (κ3) is 8.65. The van der Waals surface area contributed by atoms with Gasteiger partial charge in [-0.3, -0.25) is 10.2 Å². The fraction of sp³-hybridized carbons (Fsp3) is 0.381. The van der Waals surface area contributed by atoms with E-state index in [0.29, 0.717) is 47.1 Å². The van der Waals surface area contributed by atoms with E-state index in [9.17, 15) is 31.4 Å². The number of likely N-dealkylation sites (tertiary alicyclic amines) is 2. The Balaban J connectivity index is 1.41. The Morgan fingerprint density at radius 1 is 0.836 bits per heavy atom. The van der Waals surface area contributed by atoms with E-state index in [1.165, 1.54) is 49.9 Å². The molecular weight excluding hydrogens is 720 g/mol. The number of ether oxygens (including phenoxy) is 1. The van der Waals surface area contributed by atoms with Crippen molar-refractivity contribution in [3.8, 4) is 28.3 Å². The molecular formula is C42H43F6N5O2. The van der Waals surface area contributed by atoms with E-state index in [0.717, 1.165) is 50.9 Å². The van der Waals surface area contributed by atoms with Crippen molar-refractivity contribution in [1.82, 2.24) is 25.1 Å². The first-order valence-electron chi connectivity index (χ1n) is 18.6. The number of aliphatic hydroxyl groups is 1. The second-order valence-corrected chi connectivity index (χ2v) is 14.3. The third-order valence-electron chi connectivity index (χ3n) is 10.8. The van der Waals surface area contributed by atoms with Gasteiger partial charge in [-0.25, -0.2) is 9.97 Å². The first kappa shape index (κ1) is 38.7. The van der Waals surface area contributed by atoms with Gasteiger partial charge in [0.25, 0.3) is 0 Å². The average molecular weight is 764 g/mol. The number of nitrogens with one attached hydrogen (secondary N) is 1. The highest BCUT2D eigenvalue weighted by molar-refractivity contribution is 5.92. The van der Waals surface area contributed by atoms with Gasteiger partial charge in [-0.15, -0.1) is 0 Å². The normalized spacial score (nSPS) is 17.7. The number of halogens is 6. The molecule has 2 aromatic heterocycles. The number of benzene rings is 3. The zero-order valence-electron chi connectivity index (χ0n) is 30.4. The number of methoxy groups -OCH3 is 1. The van der Waals surface area contributed by atoms with Crippen molar-refractivity contribution in [2.75, 3.05) is 33.3 Å². The first-order valence-corrected chi connectivity index (χ1v) is 18.6. The van der Waals surface area contributed by atoms with E-state index in [2.05, 4.69) is 20.1 Å². The maximum Gasteiger partial charge on any atom is 0.416 e. The van der Waals surface area contributed by atoms with Gasteiger partial charge in [-0.1, -0.05) is 55.0 Å². The molecule has 0 radical (unpaired) electrons. The minimum Gasteiger partial charge on any atom is -0.481 e. The maximum absolute atomic E-state index is 14.8. The average Bonchev–Trinajstić information content (AvgIpc) is 3.19. The molecule has 0 aliphatic carbocycles. The summed E-state index contributed by atoms with van der Waals surface area (Å²) >= 11 is 0. The van der Waals surface area contributed by atoms with E-state index < -0.39 is 30.2 Å². The summed E-state index contributed by atoms with van der Waals surface area (Å²) in [4.78, 5) is 13.9. The Hall–Kier alpha value is -4.56. The summed E-state index contributed by atoms with van der Waals surface area (Å²) < 4.78 is 92.2. The molecule has 0 amide bonds. The molecule has 2 fully saturated rings. The Morgan fingerprint density at radius 3 is 2.27 bits per heavy atom. The Kier molecular flexibility index (Phi) is 11.4. The highest BCUT2D eigenvalue weighted by atomic mass is 19.4. The largest absolute Gasteiger partial charge is 0.481 e. The number of nitrogens with zero attached hydrogens (tertiary/aromatic N) is 4. The summed E-state index contributed by atoms with van der Waals surface area (Å²) in [5.74, 6) is 0.314. The summed E-state index contributed by atoms with van der Waals surface area (Å²) in [6.07, 6.45) is -4.54. The Bertz CT molecular complexity index is 2080. The van der Waals surface area contributed by atoms with E-state index in [1.807, 2.05) is 0 Å². The van der Waals surface area contributed by atoms with Gasteiger partial charge in [0.05, 0.1) is 23.9 Å². The molecule has 0 bridgehead atoms. The monoisotopic (exact) mass is 763 g/mol. The van der Waals surface area contributed by atoms with Crippen LogP contribution in [0.1, 0.15) is 66.6 Å². The highest BCUT2D eigenvalue weighted by Gasteiger charge is 2.42. The number of piperidine rings is 2. The summed E-state index contributed by atoms with van der Waals surface area (Å²) in [6, 6.07) is 18.8. The molecule has 0 saturated carbocycles. The highest BCUT2D eigenvalue weighted by Crippen LogP contribution is 2.42. The summed E-state index contributed by atoms with van der Waals surface area (Å²) in [7, 11) is 1.47. The molecule has 2 atom stereocenters. The molecule has 0 spiro atoms. The van der Waals surface area contributed by atoms with Crippen molar-refractivity contribution in [1.29, 1.82) is 0 Å². The lowest BCUT2D eigenvalue weighted by Gasteiger charge is -2.40. The van der Waals surface area contributed by atoms with Gasteiger partial charge in [-0.05, 0) is 99.4 Å². The number of hydrogen-bond donors (Lipinski definition) is 2. The van der Waals surface area contributed by atoms with Crippen molar-refractivity contribution >= 4 is 10.9 Å². The van der Waals surface area contributed by atoms with Crippen LogP contribution in [0.2, 0.25) is 0 Å². The standard InChI is InChI=1S/C42H43F6N5O2/c1-55-40-32(14-9-19-49-40)28-15-16-35-33(25-28)36(39(54)51-38(42(46,47)48)27-10-4-2-5-11-27)34(37(50-35)29-12-8-13-30(24-29)41(43,44)45)26-52-22-17-31(18-23-52)53-20-6-3-7-21-53/h2,4-5,8-16,19,24-25,31,38-39,51,54H,3,6-7,17-18,20-23,26H2,1H3. The number of aromatic nitrogens is 2. The van der Waals surface area contributed by atoms with E-state index in [4.69, 9.17) is 9.72 Å². The first-order chi connectivity index (χ1) is 26.4. The fourth-order valence-corrected chi connectivity index (χ4v) is 8.04. The quantitative estimate of drug-likeness (QED) is 0.109. The number of aliphatic hydroxyl groups excluding tert-OH is 1. The van der Waals surface area contributed by atoms with Crippen LogP contribution in [0, 0.1) is 0 Å². The van der Waals surface area contributed by atoms with Gasteiger partial charge in [0.1, 0.15) is 12.3 Å². The van der Waals surface area contributed by atoms with Crippen LogP contribution in [0.25, 0.3) is 33.3 Å². The van der Waals surface area contributed by atoms with Crippen molar-refractivity contribution in [2.45, 2.75) is 69.3 Å². The lowest BCUT2D eigenvalue weighted by molar-refractivity contribution is -0.165. The van der Waals surface area contributed by atoms with Gasteiger partial charge >= 0.3 is 12.4 Å². The lowest BCUT2D eigenvalue weighted by Crippen LogP contribution is -2.46. The van der Waals surface area contributed by atoms with Crippen LogP contribution in [-0.2, 0) is 12.7 Å².